The number of rotatable bonds is 13. The molecule has 2 aromatic carbocycles. The van der Waals surface area contributed by atoms with Crippen molar-refractivity contribution >= 4 is 5.97 Å². The second-order valence-electron chi connectivity index (χ2n) is 10.3. The lowest BCUT2D eigenvalue weighted by atomic mass is 9.80. The Morgan fingerprint density at radius 2 is 1.50 bits per heavy atom. The van der Waals surface area contributed by atoms with Crippen LogP contribution < -0.4 is 9.47 Å². The van der Waals surface area contributed by atoms with Crippen molar-refractivity contribution < 1.29 is 14.3 Å². The lowest BCUT2D eigenvalue weighted by molar-refractivity contribution is 0.0734. The first kappa shape index (κ1) is 26.3. The summed E-state index contributed by atoms with van der Waals surface area (Å²) < 4.78 is 11.6. The summed E-state index contributed by atoms with van der Waals surface area (Å²) in [5.74, 6) is 3.31. The van der Waals surface area contributed by atoms with Gasteiger partial charge in [0, 0.05) is 0 Å². The Bertz CT molecular complexity index is 832. The van der Waals surface area contributed by atoms with Gasteiger partial charge in [-0.1, -0.05) is 84.3 Å². The van der Waals surface area contributed by atoms with E-state index in [0.717, 1.165) is 31.1 Å². The summed E-state index contributed by atoms with van der Waals surface area (Å²) in [5.41, 5.74) is 1.82. The SMILES string of the molecule is CCCCCCC1CCC(COc2ccc(C(=O)Oc3ccc(C[C@@H](C)CC)cc3)cc2)CC1. The van der Waals surface area contributed by atoms with E-state index in [0.29, 0.717) is 23.1 Å². The minimum Gasteiger partial charge on any atom is -0.493 e. The topological polar surface area (TPSA) is 35.5 Å². The van der Waals surface area contributed by atoms with Crippen LogP contribution in [0.15, 0.2) is 48.5 Å². The largest absolute Gasteiger partial charge is 0.493 e. The smallest absolute Gasteiger partial charge is 0.343 e. The van der Waals surface area contributed by atoms with Crippen LogP contribution in [0.5, 0.6) is 11.5 Å². The van der Waals surface area contributed by atoms with Gasteiger partial charge in [0.25, 0.3) is 0 Å². The van der Waals surface area contributed by atoms with Crippen molar-refractivity contribution in [2.45, 2.75) is 91.4 Å². The first-order valence-electron chi connectivity index (χ1n) is 13.6. The molecule has 1 aliphatic carbocycles. The van der Waals surface area contributed by atoms with Gasteiger partial charge < -0.3 is 9.47 Å². The highest BCUT2D eigenvalue weighted by molar-refractivity contribution is 5.91. The Kier molecular flexibility index (Phi) is 11.0. The number of hydrogen-bond donors (Lipinski definition) is 0. The zero-order chi connectivity index (χ0) is 24.2. The molecule has 1 saturated carbocycles. The molecule has 0 N–H and O–H groups in total. The van der Waals surface area contributed by atoms with Crippen LogP contribution >= 0.6 is 0 Å². The van der Waals surface area contributed by atoms with E-state index in [1.165, 1.54) is 63.4 Å². The quantitative estimate of drug-likeness (QED) is 0.169. The molecule has 3 nitrogen and oxygen atoms in total. The molecule has 3 heteroatoms. The van der Waals surface area contributed by atoms with E-state index in [1.807, 2.05) is 36.4 Å². The van der Waals surface area contributed by atoms with Gasteiger partial charge in [-0.3, -0.25) is 0 Å². The van der Waals surface area contributed by atoms with Gasteiger partial charge in [0.05, 0.1) is 12.2 Å². The fraction of sp³-hybridized carbons (Fsp3) is 0.581. The molecule has 0 heterocycles. The van der Waals surface area contributed by atoms with Crippen molar-refractivity contribution in [2.24, 2.45) is 17.8 Å². The summed E-state index contributed by atoms with van der Waals surface area (Å²) in [6.07, 6.45) is 14.4. The molecule has 186 valence electrons. The lowest BCUT2D eigenvalue weighted by Crippen LogP contribution is -2.20. The van der Waals surface area contributed by atoms with Crippen molar-refractivity contribution in [3.63, 3.8) is 0 Å². The summed E-state index contributed by atoms with van der Waals surface area (Å²) in [5, 5.41) is 0. The fourth-order valence-corrected chi connectivity index (χ4v) is 4.85. The third-order valence-electron chi connectivity index (χ3n) is 7.42. The number of carbonyl (C=O) groups excluding carboxylic acids is 1. The van der Waals surface area contributed by atoms with Crippen molar-refractivity contribution in [1.29, 1.82) is 0 Å². The number of carbonyl (C=O) groups is 1. The van der Waals surface area contributed by atoms with Gasteiger partial charge in [-0.05, 0) is 79.0 Å². The Morgan fingerprint density at radius 1 is 0.853 bits per heavy atom. The molecule has 0 unspecified atom stereocenters. The Morgan fingerprint density at radius 3 is 2.15 bits per heavy atom. The first-order valence-corrected chi connectivity index (χ1v) is 13.6. The molecule has 0 spiro atoms. The van der Waals surface area contributed by atoms with Crippen LogP contribution in [-0.2, 0) is 6.42 Å². The third-order valence-corrected chi connectivity index (χ3v) is 7.42. The van der Waals surface area contributed by atoms with Crippen molar-refractivity contribution in [1.82, 2.24) is 0 Å². The van der Waals surface area contributed by atoms with Gasteiger partial charge in [0.2, 0.25) is 0 Å². The summed E-state index contributed by atoms with van der Waals surface area (Å²) in [6.45, 7) is 7.51. The second-order valence-corrected chi connectivity index (χ2v) is 10.3. The summed E-state index contributed by atoms with van der Waals surface area (Å²) in [4.78, 5) is 12.5. The van der Waals surface area contributed by atoms with Gasteiger partial charge >= 0.3 is 5.97 Å². The van der Waals surface area contributed by atoms with Crippen LogP contribution in [-0.4, -0.2) is 12.6 Å². The Labute approximate surface area is 207 Å². The molecule has 0 amide bonds. The maximum absolute atomic E-state index is 12.5. The molecule has 0 radical (unpaired) electrons. The van der Waals surface area contributed by atoms with Crippen LogP contribution in [0.4, 0.5) is 0 Å². The van der Waals surface area contributed by atoms with Gasteiger partial charge in [0.1, 0.15) is 11.5 Å². The van der Waals surface area contributed by atoms with E-state index in [4.69, 9.17) is 9.47 Å². The second kappa shape index (κ2) is 14.2. The molecular weight excluding hydrogens is 420 g/mol. The van der Waals surface area contributed by atoms with E-state index in [2.05, 4.69) is 20.8 Å². The van der Waals surface area contributed by atoms with Crippen LogP contribution in [0.25, 0.3) is 0 Å². The molecule has 0 aromatic heterocycles. The summed E-state index contributed by atoms with van der Waals surface area (Å²) >= 11 is 0. The normalized spacial score (nSPS) is 18.9. The standard InChI is InChI=1S/C31H44O3/c1-4-6-7-8-9-25-10-12-27(13-11-25)23-33-29-20-16-28(17-21-29)31(32)34-30-18-14-26(15-19-30)22-24(3)5-2/h14-21,24-25,27H,4-13,22-23H2,1-3H3/t24-,25?,27?/m0/s1. The van der Waals surface area contributed by atoms with Crippen LogP contribution in [0.1, 0.15) is 101 Å². The third kappa shape index (κ3) is 8.81. The average molecular weight is 465 g/mol. The number of unbranched alkanes of at least 4 members (excludes halogenated alkanes) is 3. The lowest BCUT2D eigenvalue weighted by Gasteiger charge is -2.28. The van der Waals surface area contributed by atoms with Crippen molar-refractivity contribution in [3.05, 3.63) is 59.7 Å². The highest BCUT2D eigenvalue weighted by Crippen LogP contribution is 2.32. The van der Waals surface area contributed by atoms with Gasteiger partial charge in [-0.15, -0.1) is 0 Å². The van der Waals surface area contributed by atoms with E-state index < -0.39 is 0 Å². The van der Waals surface area contributed by atoms with E-state index in [-0.39, 0.29) is 5.97 Å². The van der Waals surface area contributed by atoms with Crippen molar-refractivity contribution in [2.75, 3.05) is 6.61 Å². The van der Waals surface area contributed by atoms with Crippen molar-refractivity contribution in [3.8, 4) is 11.5 Å². The van der Waals surface area contributed by atoms with E-state index in [1.54, 1.807) is 12.1 Å². The van der Waals surface area contributed by atoms with Gasteiger partial charge in [-0.2, -0.15) is 0 Å². The zero-order valence-electron chi connectivity index (χ0n) is 21.6. The Balaban J connectivity index is 1.38. The summed E-state index contributed by atoms with van der Waals surface area (Å²) in [6, 6.07) is 15.2. The number of esters is 1. The molecule has 1 aliphatic rings. The average Bonchev–Trinajstić information content (AvgIpc) is 2.87. The first-order chi connectivity index (χ1) is 16.6. The number of benzene rings is 2. The molecule has 1 fully saturated rings. The van der Waals surface area contributed by atoms with E-state index in [9.17, 15) is 4.79 Å². The number of hydrogen-bond acceptors (Lipinski definition) is 3. The molecule has 0 saturated heterocycles. The maximum Gasteiger partial charge on any atom is 0.343 e. The minimum absolute atomic E-state index is 0.335. The molecule has 3 rings (SSSR count). The summed E-state index contributed by atoms with van der Waals surface area (Å²) in [7, 11) is 0. The van der Waals surface area contributed by atoms with Crippen LogP contribution in [0.2, 0.25) is 0 Å². The molecule has 1 atom stereocenters. The fourth-order valence-electron chi connectivity index (χ4n) is 4.85. The van der Waals surface area contributed by atoms with Gasteiger partial charge in [-0.25, -0.2) is 4.79 Å². The molecule has 34 heavy (non-hydrogen) atoms. The monoisotopic (exact) mass is 464 g/mol. The predicted molar refractivity (Wildman–Crippen MR) is 141 cm³/mol. The van der Waals surface area contributed by atoms with Crippen LogP contribution in [0, 0.1) is 17.8 Å². The number of ether oxygens (including phenoxy) is 2. The molecule has 0 bridgehead atoms. The van der Waals surface area contributed by atoms with E-state index >= 15 is 0 Å². The minimum atomic E-state index is -0.335. The highest BCUT2D eigenvalue weighted by atomic mass is 16.5. The molecular formula is C31H44O3. The maximum atomic E-state index is 12.5. The highest BCUT2D eigenvalue weighted by Gasteiger charge is 2.21. The molecule has 2 aromatic rings. The predicted octanol–water partition coefficient (Wildman–Crippen LogP) is 8.65. The molecule has 0 aliphatic heterocycles. The van der Waals surface area contributed by atoms with Crippen LogP contribution in [0.3, 0.4) is 0 Å². The zero-order valence-corrected chi connectivity index (χ0v) is 21.6. The van der Waals surface area contributed by atoms with Gasteiger partial charge in [0.15, 0.2) is 0 Å². The Hall–Kier alpha value is -2.29.